The highest BCUT2D eigenvalue weighted by atomic mass is 35.5. The molecule has 0 radical (unpaired) electrons. The average Bonchev–Trinajstić information content (AvgIpc) is 2.63. The molecule has 1 atom stereocenters. The van der Waals surface area contributed by atoms with Crippen LogP contribution in [0.4, 0.5) is 17.1 Å². The van der Waals surface area contributed by atoms with E-state index in [0.29, 0.717) is 6.04 Å². The summed E-state index contributed by atoms with van der Waals surface area (Å²) < 4.78 is 0. The minimum absolute atomic E-state index is 0.470. The van der Waals surface area contributed by atoms with E-state index >= 15 is 0 Å². The number of anilines is 3. The van der Waals surface area contributed by atoms with Gasteiger partial charge in [-0.25, -0.2) is 0 Å². The molecule has 0 aliphatic carbocycles. The summed E-state index contributed by atoms with van der Waals surface area (Å²) in [5.41, 5.74) is 5.27. The van der Waals surface area contributed by atoms with Gasteiger partial charge in [0.1, 0.15) is 0 Å². The van der Waals surface area contributed by atoms with Crippen molar-refractivity contribution in [3.63, 3.8) is 0 Å². The van der Waals surface area contributed by atoms with Crippen LogP contribution in [0.2, 0.25) is 5.02 Å². The second-order valence-corrected chi connectivity index (χ2v) is 6.39. The van der Waals surface area contributed by atoms with E-state index in [9.17, 15) is 0 Å². The first kappa shape index (κ1) is 13.0. The normalized spacial score (nSPS) is 20.4. The fourth-order valence-electron chi connectivity index (χ4n) is 3.76. The molecule has 0 aromatic heterocycles. The van der Waals surface area contributed by atoms with Gasteiger partial charge in [0, 0.05) is 24.3 Å². The summed E-state index contributed by atoms with van der Waals surface area (Å²) in [5, 5.41) is 0.817. The van der Waals surface area contributed by atoms with E-state index in [1.165, 1.54) is 41.9 Å². The Bertz CT molecular complexity index is 683. The van der Waals surface area contributed by atoms with Gasteiger partial charge in [-0.1, -0.05) is 29.8 Å². The SMILES string of the molecule is CN1c2ccccc2C2CCCCN2c2cc(Cl)ccc21. The molecule has 0 bridgehead atoms. The Labute approximate surface area is 130 Å². The Morgan fingerprint density at radius 2 is 1.86 bits per heavy atom. The molecule has 4 rings (SSSR count). The zero-order valence-corrected chi connectivity index (χ0v) is 13.0. The Balaban J connectivity index is 1.98. The number of para-hydroxylation sites is 1. The van der Waals surface area contributed by atoms with Gasteiger partial charge >= 0.3 is 0 Å². The third kappa shape index (κ3) is 2.01. The summed E-state index contributed by atoms with van der Waals surface area (Å²) in [4.78, 5) is 4.85. The fraction of sp³-hybridized carbons (Fsp3) is 0.333. The van der Waals surface area contributed by atoms with Crippen LogP contribution in [0.15, 0.2) is 42.5 Å². The Kier molecular flexibility index (Phi) is 3.07. The molecule has 0 N–H and O–H groups in total. The second kappa shape index (κ2) is 4.96. The van der Waals surface area contributed by atoms with Crippen LogP contribution in [0.25, 0.3) is 0 Å². The topological polar surface area (TPSA) is 6.48 Å². The van der Waals surface area contributed by atoms with E-state index in [1.807, 2.05) is 6.07 Å². The zero-order valence-electron chi connectivity index (χ0n) is 12.2. The predicted octanol–water partition coefficient (Wildman–Crippen LogP) is 5.15. The maximum Gasteiger partial charge on any atom is 0.0647 e. The van der Waals surface area contributed by atoms with Crippen LogP contribution in [-0.2, 0) is 0 Å². The van der Waals surface area contributed by atoms with Crippen molar-refractivity contribution in [1.29, 1.82) is 0 Å². The molecule has 108 valence electrons. The molecule has 21 heavy (non-hydrogen) atoms. The lowest BCUT2D eigenvalue weighted by atomic mass is 9.94. The average molecular weight is 299 g/mol. The van der Waals surface area contributed by atoms with Crippen LogP contribution in [0, 0.1) is 0 Å². The first-order chi connectivity index (χ1) is 10.3. The molecule has 3 heteroatoms. The Morgan fingerprint density at radius 3 is 2.76 bits per heavy atom. The number of nitrogens with zero attached hydrogens (tertiary/aromatic N) is 2. The van der Waals surface area contributed by atoms with Crippen LogP contribution in [0.1, 0.15) is 30.9 Å². The largest absolute Gasteiger partial charge is 0.363 e. The van der Waals surface area contributed by atoms with E-state index < -0.39 is 0 Å². The van der Waals surface area contributed by atoms with Gasteiger partial charge in [0.05, 0.1) is 17.4 Å². The number of hydrogen-bond acceptors (Lipinski definition) is 2. The van der Waals surface area contributed by atoms with Crippen molar-refractivity contribution in [3.8, 4) is 0 Å². The van der Waals surface area contributed by atoms with Crippen molar-refractivity contribution in [1.82, 2.24) is 0 Å². The minimum Gasteiger partial charge on any atom is -0.363 e. The van der Waals surface area contributed by atoms with Gasteiger partial charge in [-0.2, -0.15) is 0 Å². The Hall–Kier alpha value is -1.67. The van der Waals surface area contributed by atoms with Crippen LogP contribution in [-0.4, -0.2) is 13.6 Å². The number of piperidine rings is 1. The molecule has 1 unspecified atom stereocenters. The van der Waals surface area contributed by atoms with Gasteiger partial charge in [0.2, 0.25) is 0 Å². The molecular formula is C18H19ClN2. The molecule has 2 aromatic carbocycles. The van der Waals surface area contributed by atoms with E-state index in [0.717, 1.165) is 11.6 Å². The summed E-state index contributed by atoms with van der Waals surface area (Å²) >= 11 is 6.27. The van der Waals surface area contributed by atoms with Gasteiger partial charge in [0.15, 0.2) is 0 Å². The first-order valence-corrected chi connectivity index (χ1v) is 8.02. The lowest BCUT2D eigenvalue weighted by Gasteiger charge is -2.37. The van der Waals surface area contributed by atoms with E-state index in [2.05, 4.69) is 53.2 Å². The van der Waals surface area contributed by atoms with Gasteiger partial charge in [-0.15, -0.1) is 0 Å². The zero-order chi connectivity index (χ0) is 14.4. The highest BCUT2D eigenvalue weighted by molar-refractivity contribution is 6.31. The molecule has 2 nitrogen and oxygen atoms in total. The second-order valence-electron chi connectivity index (χ2n) is 5.96. The highest BCUT2D eigenvalue weighted by Crippen LogP contribution is 2.48. The summed E-state index contributed by atoms with van der Waals surface area (Å²) in [6.07, 6.45) is 3.78. The number of halogens is 1. The summed E-state index contributed by atoms with van der Waals surface area (Å²) in [7, 11) is 2.16. The number of benzene rings is 2. The van der Waals surface area contributed by atoms with Gasteiger partial charge in [0.25, 0.3) is 0 Å². The van der Waals surface area contributed by atoms with Crippen molar-refractivity contribution in [3.05, 3.63) is 53.1 Å². The quantitative estimate of drug-likeness (QED) is 0.663. The predicted molar refractivity (Wildman–Crippen MR) is 89.9 cm³/mol. The summed E-state index contributed by atoms with van der Waals surface area (Å²) in [5.74, 6) is 0. The maximum absolute atomic E-state index is 6.27. The summed E-state index contributed by atoms with van der Waals surface area (Å²) in [6, 6.07) is 15.5. The van der Waals surface area contributed by atoms with Crippen molar-refractivity contribution >= 4 is 28.7 Å². The maximum atomic E-state index is 6.27. The van der Waals surface area contributed by atoms with Gasteiger partial charge in [-0.3, -0.25) is 0 Å². The molecule has 2 heterocycles. The molecule has 2 aromatic rings. The monoisotopic (exact) mass is 298 g/mol. The van der Waals surface area contributed by atoms with E-state index in [-0.39, 0.29) is 0 Å². The van der Waals surface area contributed by atoms with Crippen molar-refractivity contribution in [2.45, 2.75) is 25.3 Å². The molecule has 0 saturated carbocycles. The third-order valence-electron chi connectivity index (χ3n) is 4.77. The van der Waals surface area contributed by atoms with Crippen LogP contribution >= 0.6 is 11.6 Å². The number of hydrogen-bond donors (Lipinski definition) is 0. The van der Waals surface area contributed by atoms with Crippen molar-refractivity contribution in [2.24, 2.45) is 0 Å². The van der Waals surface area contributed by atoms with Gasteiger partial charge < -0.3 is 9.80 Å². The molecule has 0 spiro atoms. The van der Waals surface area contributed by atoms with E-state index in [4.69, 9.17) is 11.6 Å². The standard InChI is InChI=1S/C18H19ClN2/c1-20-15-7-3-2-6-14(15)16-8-4-5-11-21(16)18-12-13(19)9-10-17(18)20/h2-3,6-7,9-10,12,16H,4-5,8,11H2,1H3. The number of fused-ring (bicyclic) bond motifs is 5. The number of rotatable bonds is 0. The van der Waals surface area contributed by atoms with E-state index in [1.54, 1.807) is 0 Å². The molecule has 1 saturated heterocycles. The molecule has 0 amide bonds. The van der Waals surface area contributed by atoms with Crippen molar-refractivity contribution in [2.75, 3.05) is 23.4 Å². The minimum atomic E-state index is 0.470. The van der Waals surface area contributed by atoms with Gasteiger partial charge in [-0.05, 0) is 49.1 Å². The molecular weight excluding hydrogens is 280 g/mol. The Morgan fingerprint density at radius 1 is 1.00 bits per heavy atom. The van der Waals surface area contributed by atoms with Crippen LogP contribution in [0.5, 0.6) is 0 Å². The molecule has 2 aliphatic heterocycles. The lowest BCUT2D eigenvalue weighted by Crippen LogP contribution is -2.32. The smallest absolute Gasteiger partial charge is 0.0647 e. The first-order valence-electron chi connectivity index (χ1n) is 7.64. The lowest BCUT2D eigenvalue weighted by molar-refractivity contribution is 0.476. The van der Waals surface area contributed by atoms with Crippen molar-refractivity contribution < 1.29 is 0 Å². The fourth-order valence-corrected chi connectivity index (χ4v) is 3.92. The molecule has 2 aliphatic rings. The van der Waals surface area contributed by atoms with Crippen LogP contribution in [0.3, 0.4) is 0 Å². The highest BCUT2D eigenvalue weighted by Gasteiger charge is 2.32. The summed E-state index contributed by atoms with van der Waals surface area (Å²) in [6.45, 7) is 1.11. The third-order valence-corrected chi connectivity index (χ3v) is 5.00. The van der Waals surface area contributed by atoms with Crippen LogP contribution < -0.4 is 9.80 Å². The molecule has 1 fully saturated rings.